The molecule has 1 N–H and O–H groups in total. The molecule has 0 radical (unpaired) electrons. The van der Waals surface area contributed by atoms with Gasteiger partial charge in [-0.05, 0) is 44.4 Å². The Hall–Kier alpha value is 0. The zero-order valence-electron chi connectivity index (χ0n) is 11.1. The Labute approximate surface area is 122 Å². The topological polar surface area (TPSA) is 27.6 Å². The van der Waals surface area contributed by atoms with Gasteiger partial charge in [0.15, 0.2) is 5.96 Å². The van der Waals surface area contributed by atoms with E-state index in [1.807, 2.05) is 0 Å². The smallest absolute Gasteiger partial charge is 0.193 e. The van der Waals surface area contributed by atoms with E-state index in [1.54, 1.807) is 0 Å². The van der Waals surface area contributed by atoms with Gasteiger partial charge in [0.25, 0.3) is 0 Å². The molecule has 1 aliphatic heterocycles. The SMILES string of the molecule is CCNC(=NCC1CC1)N1CCCC(C)C1.I. The van der Waals surface area contributed by atoms with E-state index in [4.69, 9.17) is 4.99 Å². The second kappa shape index (κ2) is 7.44. The van der Waals surface area contributed by atoms with Crippen LogP contribution in [0.5, 0.6) is 0 Å². The summed E-state index contributed by atoms with van der Waals surface area (Å²) in [5.41, 5.74) is 0. The van der Waals surface area contributed by atoms with Crippen molar-refractivity contribution in [2.24, 2.45) is 16.8 Å². The zero-order chi connectivity index (χ0) is 11.4. The monoisotopic (exact) mass is 351 g/mol. The molecule has 4 heteroatoms. The van der Waals surface area contributed by atoms with Gasteiger partial charge in [-0.3, -0.25) is 4.99 Å². The number of aliphatic imine (C=N–C) groups is 1. The van der Waals surface area contributed by atoms with Crippen LogP contribution < -0.4 is 5.32 Å². The number of rotatable bonds is 3. The van der Waals surface area contributed by atoms with Crippen LogP contribution >= 0.6 is 24.0 Å². The minimum absolute atomic E-state index is 0. The second-order valence-corrected chi connectivity index (χ2v) is 5.33. The van der Waals surface area contributed by atoms with Crippen LogP contribution in [0.15, 0.2) is 4.99 Å². The fourth-order valence-electron chi connectivity index (χ4n) is 2.32. The number of guanidine groups is 1. The zero-order valence-corrected chi connectivity index (χ0v) is 13.4. The minimum Gasteiger partial charge on any atom is -0.357 e. The number of hydrogen-bond acceptors (Lipinski definition) is 1. The Kier molecular flexibility index (Phi) is 6.59. The molecule has 1 atom stereocenters. The molecule has 0 aromatic heterocycles. The maximum Gasteiger partial charge on any atom is 0.193 e. The van der Waals surface area contributed by atoms with Crippen molar-refractivity contribution in [2.45, 2.75) is 39.5 Å². The highest BCUT2D eigenvalue weighted by Gasteiger charge is 2.23. The molecule has 2 rings (SSSR count). The molecule has 1 saturated heterocycles. The van der Waals surface area contributed by atoms with Gasteiger partial charge in [0.1, 0.15) is 0 Å². The lowest BCUT2D eigenvalue weighted by atomic mass is 10.0. The molecule has 0 aromatic carbocycles. The second-order valence-electron chi connectivity index (χ2n) is 5.33. The molecule has 2 aliphatic rings. The van der Waals surface area contributed by atoms with E-state index in [1.165, 1.54) is 38.8 Å². The van der Waals surface area contributed by atoms with E-state index in [2.05, 4.69) is 24.1 Å². The van der Waals surface area contributed by atoms with Crippen LogP contribution in [0.25, 0.3) is 0 Å². The molecule has 1 aliphatic carbocycles. The average molecular weight is 351 g/mol. The number of nitrogens with one attached hydrogen (secondary N) is 1. The lowest BCUT2D eigenvalue weighted by Crippen LogP contribution is -2.46. The van der Waals surface area contributed by atoms with Gasteiger partial charge in [0.05, 0.1) is 0 Å². The van der Waals surface area contributed by atoms with E-state index >= 15 is 0 Å². The van der Waals surface area contributed by atoms with E-state index in [0.717, 1.165) is 30.9 Å². The minimum atomic E-state index is 0. The molecule has 1 heterocycles. The van der Waals surface area contributed by atoms with Gasteiger partial charge in [0.2, 0.25) is 0 Å². The van der Waals surface area contributed by atoms with Crippen LogP contribution in [0.4, 0.5) is 0 Å². The van der Waals surface area contributed by atoms with Crippen LogP contribution in [-0.2, 0) is 0 Å². The molecule has 100 valence electrons. The van der Waals surface area contributed by atoms with E-state index in [-0.39, 0.29) is 24.0 Å². The van der Waals surface area contributed by atoms with Gasteiger partial charge in [-0.2, -0.15) is 0 Å². The Morgan fingerprint density at radius 1 is 1.35 bits per heavy atom. The molecular weight excluding hydrogens is 325 g/mol. The van der Waals surface area contributed by atoms with Crippen molar-refractivity contribution in [1.29, 1.82) is 0 Å². The van der Waals surface area contributed by atoms with Gasteiger partial charge in [0, 0.05) is 26.2 Å². The Morgan fingerprint density at radius 2 is 2.12 bits per heavy atom. The summed E-state index contributed by atoms with van der Waals surface area (Å²) in [6.07, 6.45) is 5.46. The number of halogens is 1. The summed E-state index contributed by atoms with van der Waals surface area (Å²) in [5.74, 6) is 2.86. The highest BCUT2D eigenvalue weighted by molar-refractivity contribution is 14.0. The van der Waals surface area contributed by atoms with Gasteiger partial charge in [-0.1, -0.05) is 6.92 Å². The molecule has 0 aromatic rings. The molecular formula is C13H26IN3. The van der Waals surface area contributed by atoms with Crippen LogP contribution in [0, 0.1) is 11.8 Å². The number of likely N-dealkylation sites (tertiary alicyclic amines) is 1. The summed E-state index contributed by atoms with van der Waals surface area (Å²) in [5, 5.41) is 3.43. The first-order chi connectivity index (χ1) is 7.79. The van der Waals surface area contributed by atoms with Crippen molar-refractivity contribution in [3.63, 3.8) is 0 Å². The van der Waals surface area contributed by atoms with Crippen LogP contribution in [-0.4, -0.2) is 37.0 Å². The predicted octanol–water partition coefficient (Wildman–Crippen LogP) is 2.71. The summed E-state index contributed by atoms with van der Waals surface area (Å²) in [4.78, 5) is 7.21. The third-order valence-electron chi connectivity index (χ3n) is 3.49. The summed E-state index contributed by atoms with van der Waals surface area (Å²) in [6.45, 7) is 8.87. The fraction of sp³-hybridized carbons (Fsp3) is 0.923. The molecule has 17 heavy (non-hydrogen) atoms. The fourth-order valence-corrected chi connectivity index (χ4v) is 2.32. The Balaban J connectivity index is 0.00000144. The summed E-state index contributed by atoms with van der Waals surface area (Å²) < 4.78 is 0. The number of hydrogen-bond donors (Lipinski definition) is 1. The van der Waals surface area contributed by atoms with E-state index in [9.17, 15) is 0 Å². The van der Waals surface area contributed by atoms with E-state index < -0.39 is 0 Å². The van der Waals surface area contributed by atoms with Crippen molar-refractivity contribution >= 4 is 29.9 Å². The molecule has 3 nitrogen and oxygen atoms in total. The van der Waals surface area contributed by atoms with Gasteiger partial charge < -0.3 is 10.2 Å². The molecule has 1 unspecified atom stereocenters. The molecule has 0 amide bonds. The van der Waals surface area contributed by atoms with Crippen molar-refractivity contribution in [3.05, 3.63) is 0 Å². The maximum absolute atomic E-state index is 4.77. The standard InChI is InChI=1S/C13H25N3.HI/c1-3-14-13(15-9-12-6-7-12)16-8-4-5-11(2)10-16;/h11-12H,3-10H2,1-2H3,(H,14,15);1H. The van der Waals surface area contributed by atoms with Crippen LogP contribution in [0.3, 0.4) is 0 Å². The van der Waals surface area contributed by atoms with Crippen molar-refractivity contribution in [1.82, 2.24) is 10.2 Å². The van der Waals surface area contributed by atoms with Crippen LogP contribution in [0.1, 0.15) is 39.5 Å². The summed E-state index contributed by atoms with van der Waals surface area (Å²) in [7, 11) is 0. The first-order valence-electron chi connectivity index (χ1n) is 6.83. The molecule has 0 spiro atoms. The normalized spacial score (nSPS) is 25.4. The lowest BCUT2D eigenvalue weighted by Gasteiger charge is -2.33. The average Bonchev–Trinajstić information content (AvgIpc) is 3.08. The van der Waals surface area contributed by atoms with Crippen molar-refractivity contribution in [2.75, 3.05) is 26.2 Å². The highest BCUT2D eigenvalue weighted by atomic mass is 127. The quantitative estimate of drug-likeness (QED) is 0.481. The van der Waals surface area contributed by atoms with Gasteiger partial charge >= 0.3 is 0 Å². The highest BCUT2D eigenvalue weighted by Crippen LogP contribution is 2.29. The third kappa shape index (κ3) is 5.02. The number of nitrogens with zero attached hydrogens (tertiary/aromatic N) is 2. The Morgan fingerprint density at radius 3 is 2.71 bits per heavy atom. The van der Waals surface area contributed by atoms with Gasteiger partial charge in [-0.25, -0.2) is 0 Å². The predicted molar refractivity (Wildman–Crippen MR) is 84.1 cm³/mol. The number of piperidine rings is 1. The molecule has 1 saturated carbocycles. The summed E-state index contributed by atoms with van der Waals surface area (Å²) in [6, 6.07) is 0. The summed E-state index contributed by atoms with van der Waals surface area (Å²) >= 11 is 0. The molecule has 2 fully saturated rings. The lowest BCUT2D eigenvalue weighted by molar-refractivity contribution is 0.266. The van der Waals surface area contributed by atoms with Gasteiger partial charge in [-0.15, -0.1) is 24.0 Å². The maximum atomic E-state index is 4.77. The first-order valence-corrected chi connectivity index (χ1v) is 6.83. The van der Waals surface area contributed by atoms with E-state index in [0.29, 0.717) is 0 Å². The van der Waals surface area contributed by atoms with Crippen molar-refractivity contribution < 1.29 is 0 Å². The first kappa shape index (κ1) is 15.1. The molecule has 0 bridgehead atoms. The largest absolute Gasteiger partial charge is 0.357 e. The van der Waals surface area contributed by atoms with Crippen LogP contribution in [0.2, 0.25) is 0 Å². The Bertz CT molecular complexity index is 251. The third-order valence-corrected chi connectivity index (χ3v) is 3.49. The van der Waals surface area contributed by atoms with Crippen molar-refractivity contribution in [3.8, 4) is 0 Å².